The summed E-state index contributed by atoms with van der Waals surface area (Å²) in [7, 11) is 0. The van der Waals surface area contributed by atoms with Crippen molar-refractivity contribution in [2.24, 2.45) is 0 Å². The molecule has 0 spiro atoms. The van der Waals surface area contributed by atoms with E-state index in [2.05, 4.69) is 15.3 Å². The summed E-state index contributed by atoms with van der Waals surface area (Å²) in [5.74, 6) is -0.372. The van der Waals surface area contributed by atoms with E-state index >= 15 is 0 Å². The van der Waals surface area contributed by atoms with E-state index in [1.54, 1.807) is 0 Å². The van der Waals surface area contributed by atoms with Crippen molar-refractivity contribution in [3.63, 3.8) is 0 Å². The van der Waals surface area contributed by atoms with E-state index in [4.69, 9.17) is 5.11 Å². The molecule has 102 valence electrons. The molecule has 0 unspecified atom stereocenters. The fourth-order valence-corrected chi connectivity index (χ4v) is 2.00. The number of carboxylic acids is 1. The largest absolute Gasteiger partial charge is 0.477 e. The van der Waals surface area contributed by atoms with Crippen LogP contribution in [0.2, 0.25) is 0 Å². The summed E-state index contributed by atoms with van der Waals surface area (Å²) in [5, 5.41) is 11.8. The highest BCUT2D eigenvalue weighted by atomic mass is 16.4. The highest BCUT2D eigenvalue weighted by Crippen LogP contribution is 2.10. The van der Waals surface area contributed by atoms with Gasteiger partial charge in [-0.15, -0.1) is 0 Å². The van der Waals surface area contributed by atoms with Crippen molar-refractivity contribution in [2.45, 2.75) is 19.3 Å². The lowest BCUT2D eigenvalue weighted by Gasteiger charge is -2.15. The van der Waals surface area contributed by atoms with Gasteiger partial charge < -0.3 is 15.3 Å². The number of carbonyl (C=O) groups excluding carboxylic acids is 1. The van der Waals surface area contributed by atoms with Gasteiger partial charge in [0.1, 0.15) is 12.1 Å². The van der Waals surface area contributed by atoms with Gasteiger partial charge in [0.2, 0.25) is 5.91 Å². The molecular formula is C12H16N4O3. The molecule has 2 rings (SSSR count). The Labute approximate surface area is 110 Å². The number of carbonyl (C=O) groups is 2. The predicted molar refractivity (Wildman–Crippen MR) is 67.9 cm³/mol. The van der Waals surface area contributed by atoms with Crippen LogP contribution in [0.5, 0.6) is 0 Å². The Morgan fingerprint density at radius 2 is 2.32 bits per heavy atom. The maximum Gasteiger partial charge on any atom is 0.354 e. The average Bonchev–Trinajstić information content (AvgIpc) is 2.81. The third kappa shape index (κ3) is 3.64. The Morgan fingerprint density at radius 1 is 1.47 bits per heavy atom. The van der Waals surface area contributed by atoms with Crippen LogP contribution in [0.4, 0.5) is 5.82 Å². The predicted octanol–water partition coefficient (Wildman–Crippen LogP) is 0.599. The average molecular weight is 264 g/mol. The standard InChI is InChI=1S/C12H16N4O3/c17-11-3-1-5-16(11)6-2-4-13-10-7-9(12(18)19)14-8-15-10/h7-8H,1-6H2,(H,18,19)(H,13,14,15). The van der Waals surface area contributed by atoms with Gasteiger partial charge in [-0.05, 0) is 12.8 Å². The second-order valence-corrected chi connectivity index (χ2v) is 4.36. The van der Waals surface area contributed by atoms with Crippen LogP contribution in [-0.4, -0.2) is 51.5 Å². The minimum absolute atomic E-state index is 0.0350. The number of hydrogen-bond acceptors (Lipinski definition) is 5. The Balaban J connectivity index is 1.75. The number of amides is 1. The van der Waals surface area contributed by atoms with Crippen molar-refractivity contribution < 1.29 is 14.7 Å². The summed E-state index contributed by atoms with van der Waals surface area (Å²) in [4.78, 5) is 31.5. The molecule has 1 saturated heterocycles. The molecule has 1 aromatic heterocycles. The lowest BCUT2D eigenvalue weighted by atomic mass is 10.3. The maximum absolute atomic E-state index is 11.4. The molecule has 0 aliphatic carbocycles. The van der Waals surface area contributed by atoms with Gasteiger partial charge >= 0.3 is 5.97 Å². The fraction of sp³-hybridized carbons (Fsp3) is 0.500. The SMILES string of the molecule is O=C(O)c1cc(NCCCN2CCCC2=O)ncn1. The summed E-state index contributed by atoms with van der Waals surface area (Å²) in [6, 6.07) is 1.39. The van der Waals surface area contributed by atoms with Crippen LogP contribution in [0.1, 0.15) is 29.8 Å². The van der Waals surface area contributed by atoms with Crippen LogP contribution in [0.3, 0.4) is 0 Å². The molecule has 1 aliphatic rings. The topological polar surface area (TPSA) is 95.4 Å². The molecule has 1 fully saturated rings. The number of rotatable bonds is 6. The fourth-order valence-electron chi connectivity index (χ4n) is 2.00. The number of aromatic carboxylic acids is 1. The number of aromatic nitrogens is 2. The summed E-state index contributed by atoms with van der Waals surface area (Å²) < 4.78 is 0. The van der Waals surface area contributed by atoms with E-state index < -0.39 is 5.97 Å². The zero-order valence-corrected chi connectivity index (χ0v) is 10.5. The van der Waals surface area contributed by atoms with E-state index in [-0.39, 0.29) is 11.6 Å². The van der Waals surface area contributed by atoms with E-state index in [1.165, 1.54) is 12.4 Å². The number of likely N-dealkylation sites (tertiary alicyclic amines) is 1. The van der Waals surface area contributed by atoms with Crippen molar-refractivity contribution in [1.82, 2.24) is 14.9 Å². The van der Waals surface area contributed by atoms with Gasteiger partial charge in [-0.1, -0.05) is 0 Å². The molecule has 7 heteroatoms. The molecule has 2 N–H and O–H groups in total. The molecule has 1 aliphatic heterocycles. The first-order chi connectivity index (χ1) is 9.16. The number of carboxylic acid groups (broad SMARTS) is 1. The van der Waals surface area contributed by atoms with Gasteiger partial charge in [0.15, 0.2) is 5.69 Å². The van der Waals surface area contributed by atoms with Gasteiger partial charge in [-0.2, -0.15) is 0 Å². The molecule has 1 aromatic rings. The Kier molecular flexibility index (Phi) is 4.27. The molecule has 0 saturated carbocycles. The second-order valence-electron chi connectivity index (χ2n) is 4.36. The number of anilines is 1. The third-order valence-electron chi connectivity index (χ3n) is 2.97. The monoisotopic (exact) mass is 264 g/mol. The van der Waals surface area contributed by atoms with Crippen LogP contribution in [0, 0.1) is 0 Å². The lowest BCUT2D eigenvalue weighted by Crippen LogP contribution is -2.27. The lowest BCUT2D eigenvalue weighted by molar-refractivity contribution is -0.127. The number of nitrogens with zero attached hydrogens (tertiary/aromatic N) is 3. The van der Waals surface area contributed by atoms with Crippen molar-refractivity contribution in [3.05, 3.63) is 18.1 Å². The zero-order chi connectivity index (χ0) is 13.7. The van der Waals surface area contributed by atoms with Crippen molar-refractivity contribution >= 4 is 17.7 Å². The van der Waals surface area contributed by atoms with Crippen molar-refractivity contribution in [3.8, 4) is 0 Å². The quantitative estimate of drug-likeness (QED) is 0.730. The van der Waals surface area contributed by atoms with Gasteiger partial charge in [0, 0.05) is 32.1 Å². The minimum atomic E-state index is -1.08. The van der Waals surface area contributed by atoms with Gasteiger partial charge in [-0.3, -0.25) is 4.79 Å². The van der Waals surface area contributed by atoms with E-state index in [0.29, 0.717) is 18.8 Å². The third-order valence-corrected chi connectivity index (χ3v) is 2.97. The van der Waals surface area contributed by atoms with E-state index in [9.17, 15) is 9.59 Å². The summed E-state index contributed by atoms with van der Waals surface area (Å²) >= 11 is 0. The van der Waals surface area contributed by atoms with Gasteiger partial charge in [0.25, 0.3) is 0 Å². The van der Waals surface area contributed by atoms with Crippen LogP contribution in [0.25, 0.3) is 0 Å². The molecule has 2 heterocycles. The Hall–Kier alpha value is -2.18. The first kappa shape index (κ1) is 13.3. The second kappa shape index (κ2) is 6.12. The van der Waals surface area contributed by atoms with Crippen LogP contribution in [-0.2, 0) is 4.79 Å². The molecule has 0 aromatic carbocycles. The normalized spacial score (nSPS) is 14.7. The first-order valence-electron chi connectivity index (χ1n) is 6.24. The smallest absolute Gasteiger partial charge is 0.354 e. The highest BCUT2D eigenvalue weighted by molar-refractivity contribution is 5.86. The molecule has 1 amide bonds. The highest BCUT2D eigenvalue weighted by Gasteiger charge is 2.18. The Morgan fingerprint density at radius 3 is 3.00 bits per heavy atom. The van der Waals surface area contributed by atoms with Gasteiger partial charge in [-0.25, -0.2) is 14.8 Å². The van der Waals surface area contributed by atoms with Crippen LogP contribution >= 0.6 is 0 Å². The zero-order valence-electron chi connectivity index (χ0n) is 10.5. The summed E-state index contributed by atoms with van der Waals surface area (Å²) in [5.41, 5.74) is -0.0350. The number of hydrogen-bond donors (Lipinski definition) is 2. The van der Waals surface area contributed by atoms with E-state index in [0.717, 1.165) is 25.9 Å². The molecule has 0 bridgehead atoms. The van der Waals surface area contributed by atoms with Crippen LogP contribution < -0.4 is 5.32 Å². The van der Waals surface area contributed by atoms with E-state index in [1.807, 2.05) is 4.90 Å². The molecule has 7 nitrogen and oxygen atoms in total. The molecule has 0 atom stereocenters. The van der Waals surface area contributed by atoms with Crippen molar-refractivity contribution in [2.75, 3.05) is 25.0 Å². The van der Waals surface area contributed by atoms with Crippen molar-refractivity contribution in [1.29, 1.82) is 0 Å². The summed E-state index contributed by atoms with van der Waals surface area (Å²) in [6.45, 7) is 2.21. The number of nitrogens with one attached hydrogen (secondary N) is 1. The van der Waals surface area contributed by atoms with Crippen LogP contribution in [0.15, 0.2) is 12.4 Å². The summed E-state index contributed by atoms with van der Waals surface area (Å²) in [6.07, 6.45) is 3.62. The molecular weight excluding hydrogens is 248 g/mol. The van der Waals surface area contributed by atoms with Gasteiger partial charge in [0.05, 0.1) is 0 Å². The first-order valence-corrected chi connectivity index (χ1v) is 6.24. The Bertz CT molecular complexity index is 478. The molecule has 19 heavy (non-hydrogen) atoms. The molecule has 0 radical (unpaired) electrons. The minimum Gasteiger partial charge on any atom is -0.477 e. The maximum atomic E-state index is 11.4.